The zero-order valence-electron chi connectivity index (χ0n) is 11.2. The van der Waals surface area contributed by atoms with Crippen LogP contribution in [0.25, 0.3) is 0 Å². The molecule has 0 saturated carbocycles. The lowest BCUT2D eigenvalue weighted by Crippen LogP contribution is -2.49. The van der Waals surface area contributed by atoms with Crippen LogP contribution in [0, 0.1) is 0 Å². The van der Waals surface area contributed by atoms with Gasteiger partial charge in [0.05, 0.1) is 6.61 Å². The van der Waals surface area contributed by atoms with Gasteiger partial charge >= 0.3 is 5.97 Å². The monoisotopic (exact) mass is 267 g/mol. The van der Waals surface area contributed by atoms with Crippen molar-refractivity contribution in [3.05, 3.63) is 30.3 Å². The van der Waals surface area contributed by atoms with E-state index in [0.717, 1.165) is 12.2 Å². The Kier molecular flexibility index (Phi) is 6.22. The Bertz CT molecular complexity index is 369. The largest absolute Gasteiger partial charge is 0.465 e. The summed E-state index contributed by atoms with van der Waals surface area (Å²) in [6.07, 6.45) is 0.738. The Morgan fingerprint density at radius 1 is 1.39 bits per heavy atom. The van der Waals surface area contributed by atoms with Crippen LogP contribution in [-0.2, 0) is 9.53 Å². The molecule has 18 heavy (non-hydrogen) atoms. The number of nitrogens with one attached hydrogen (secondary N) is 1. The van der Waals surface area contributed by atoms with Crippen LogP contribution in [0.4, 0.5) is 0 Å². The predicted octanol–water partition coefficient (Wildman–Crippen LogP) is 2.71. The van der Waals surface area contributed by atoms with Crippen molar-refractivity contribution in [2.75, 3.05) is 19.4 Å². The summed E-state index contributed by atoms with van der Waals surface area (Å²) in [5, 5.41) is 3.06. The molecule has 4 heteroatoms. The number of rotatable bonds is 7. The molecule has 1 rings (SSSR count). The van der Waals surface area contributed by atoms with Gasteiger partial charge in [0.1, 0.15) is 5.54 Å². The molecule has 3 nitrogen and oxygen atoms in total. The fourth-order valence-corrected chi connectivity index (χ4v) is 2.60. The zero-order valence-corrected chi connectivity index (χ0v) is 12.0. The highest BCUT2D eigenvalue weighted by Crippen LogP contribution is 2.22. The van der Waals surface area contributed by atoms with Gasteiger partial charge in [0, 0.05) is 10.6 Å². The normalized spacial score (nSPS) is 13.9. The molecule has 1 unspecified atom stereocenters. The molecule has 0 radical (unpaired) electrons. The first-order valence-corrected chi connectivity index (χ1v) is 7.15. The number of hydrogen-bond acceptors (Lipinski definition) is 4. The lowest BCUT2D eigenvalue weighted by molar-refractivity contribution is -0.150. The van der Waals surface area contributed by atoms with Gasteiger partial charge in [-0.25, -0.2) is 0 Å². The van der Waals surface area contributed by atoms with Crippen molar-refractivity contribution in [3.63, 3.8) is 0 Å². The van der Waals surface area contributed by atoms with Gasteiger partial charge < -0.3 is 10.1 Å². The highest BCUT2D eigenvalue weighted by molar-refractivity contribution is 7.99. The summed E-state index contributed by atoms with van der Waals surface area (Å²) in [6, 6.07) is 10.2. The van der Waals surface area contributed by atoms with Crippen LogP contribution in [0.1, 0.15) is 20.3 Å². The second kappa shape index (κ2) is 7.44. The highest BCUT2D eigenvalue weighted by Gasteiger charge is 2.32. The summed E-state index contributed by atoms with van der Waals surface area (Å²) in [5.74, 6) is 0.696. The fraction of sp³-hybridized carbons (Fsp3) is 0.500. The van der Waals surface area contributed by atoms with Gasteiger partial charge in [0.2, 0.25) is 0 Å². The Morgan fingerprint density at radius 3 is 2.61 bits per heavy atom. The molecule has 0 heterocycles. The van der Waals surface area contributed by atoms with Crippen molar-refractivity contribution in [2.24, 2.45) is 0 Å². The van der Waals surface area contributed by atoms with Gasteiger partial charge in [-0.3, -0.25) is 4.79 Å². The van der Waals surface area contributed by atoms with Crippen molar-refractivity contribution in [2.45, 2.75) is 30.7 Å². The van der Waals surface area contributed by atoms with E-state index in [2.05, 4.69) is 17.4 Å². The zero-order chi connectivity index (χ0) is 13.4. The maximum atomic E-state index is 11.8. The third-order valence-corrected chi connectivity index (χ3v) is 3.91. The van der Waals surface area contributed by atoms with E-state index in [-0.39, 0.29) is 5.97 Å². The Hall–Kier alpha value is -1.00. The van der Waals surface area contributed by atoms with Crippen molar-refractivity contribution in [3.8, 4) is 0 Å². The number of carbonyl (C=O) groups is 1. The topological polar surface area (TPSA) is 38.3 Å². The molecule has 0 saturated heterocycles. The Labute approximate surface area is 113 Å². The number of ether oxygens (including phenoxy) is 1. The quantitative estimate of drug-likeness (QED) is 0.609. The lowest BCUT2D eigenvalue weighted by atomic mass is 10.00. The molecule has 1 atom stereocenters. The van der Waals surface area contributed by atoms with Gasteiger partial charge in [-0.15, -0.1) is 11.8 Å². The van der Waals surface area contributed by atoms with E-state index in [9.17, 15) is 4.79 Å². The first kappa shape index (κ1) is 15.1. The summed E-state index contributed by atoms with van der Waals surface area (Å²) in [5.41, 5.74) is -0.599. The first-order valence-electron chi connectivity index (χ1n) is 6.16. The van der Waals surface area contributed by atoms with Crippen LogP contribution in [0.2, 0.25) is 0 Å². The van der Waals surface area contributed by atoms with Gasteiger partial charge in [-0.2, -0.15) is 0 Å². The SMILES string of the molecule is CCOC(=O)C(C)(CCSc1ccccc1)NC. The van der Waals surface area contributed by atoms with Crippen LogP contribution in [-0.4, -0.2) is 30.9 Å². The molecule has 0 aliphatic heterocycles. The van der Waals surface area contributed by atoms with E-state index in [1.54, 1.807) is 18.8 Å². The van der Waals surface area contributed by atoms with E-state index in [4.69, 9.17) is 4.74 Å². The molecule has 0 aliphatic carbocycles. The van der Waals surface area contributed by atoms with Crippen molar-refractivity contribution in [1.82, 2.24) is 5.32 Å². The van der Waals surface area contributed by atoms with Gasteiger partial charge in [-0.05, 0) is 39.4 Å². The molecule has 0 amide bonds. The molecular weight excluding hydrogens is 246 g/mol. The van der Waals surface area contributed by atoms with Crippen LogP contribution in [0.3, 0.4) is 0 Å². The van der Waals surface area contributed by atoms with E-state index in [0.29, 0.717) is 6.61 Å². The maximum absolute atomic E-state index is 11.8. The highest BCUT2D eigenvalue weighted by atomic mass is 32.2. The molecule has 1 aromatic carbocycles. The van der Waals surface area contributed by atoms with Gasteiger partial charge in [-0.1, -0.05) is 18.2 Å². The van der Waals surface area contributed by atoms with Crippen molar-refractivity contribution in [1.29, 1.82) is 0 Å². The van der Waals surface area contributed by atoms with E-state index in [1.165, 1.54) is 4.90 Å². The van der Waals surface area contributed by atoms with Crippen molar-refractivity contribution >= 4 is 17.7 Å². The summed E-state index contributed by atoms with van der Waals surface area (Å²) >= 11 is 1.75. The fourth-order valence-electron chi connectivity index (χ4n) is 1.51. The minimum Gasteiger partial charge on any atom is -0.465 e. The standard InChI is InChI=1S/C14H21NO2S/c1-4-17-13(16)14(2,15-3)10-11-18-12-8-6-5-7-9-12/h5-9,15H,4,10-11H2,1-3H3. The number of hydrogen-bond donors (Lipinski definition) is 1. The third-order valence-electron chi connectivity index (χ3n) is 2.89. The Balaban J connectivity index is 2.46. The van der Waals surface area contributed by atoms with E-state index in [1.807, 2.05) is 32.0 Å². The molecule has 0 aromatic heterocycles. The summed E-state index contributed by atoms with van der Waals surface area (Å²) in [4.78, 5) is 13.1. The first-order chi connectivity index (χ1) is 8.62. The minimum atomic E-state index is -0.599. The number of carbonyl (C=O) groups excluding carboxylic acids is 1. The lowest BCUT2D eigenvalue weighted by Gasteiger charge is -2.26. The van der Waals surface area contributed by atoms with Gasteiger partial charge in [0.25, 0.3) is 0 Å². The molecule has 0 bridgehead atoms. The number of thioether (sulfide) groups is 1. The summed E-state index contributed by atoms with van der Waals surface area (Å²) in [7, 11) is 1.80. The molecule has 1 N–H and O–H groups in total. The summed E-state index contributed by atoms with van der Waals surface area (Å²) < 4.78 is 5.09. The smallest absolute Gasteiger partial charge is 0.326 e. The number of likely N-dealkylation sites (N-methyl/N-ethyl adjacent to an activating group) is 1. The second-order valence-corrected chi connectivity index (χ2v) is 5.38. The molecule has 0 aliphatic rings. The summed E-state index contributed by atoms with van der Waals surface area (Å²) in [6.45, 7) is 4.13. The molecular formula is C14H21NO2S. The molecule has 0 spiro atoms. The van der Waals surface area contributed by atoms with Crippen LogP contribution < -0.4 is 5.32 Å². The predicted molar refractivity (Wildman–Crippen MR) is 75.9 cm³/mol. The average molecular weight is 267 g/mol. The number of esters is 1. The van der Waals surface area contributed by atoms with Crippen LogP contribution >= 0.6 is 11.8 Å². The second-order valence-electron chi connectivity index (χ2n) is 4.21. The Morgan fingerprint density at radius 2 is 2.06 bits per heavy atom. The molecule has 100 valence electrons. The average Bonchev–Trinajstić information content (AvgIpc) is 2.40. The van der Waals surface area contributed by atoms with Crippen molar-refractivity contribution < 1.29 is 9.53 Å². The van der Waals surface area contributed by atoms with E-state index >= 15 is 0 Å². The molecule has 1 aromatic rings. The maximum Gasteiger partial charge on any atom is 0.326 e. The number of benzene rings is 1. The minimum absolute atomic E-state index is 0.179. The van der Waals surface area contributed by atoms with Crippen LogP contribution in [0.5, 0.6) is 0 Å². The van der Waals surface area contributed by atoms with Gasteiger partial charge in [0.15, 0.2) is 0 Å². The molecule has 0 fully saturated rings. The van der Waals surface area contributed by atoms with E-state index < -0.39 is 5.54 Å². The third kappa shape index (κ3) is 4.35. The van der Waals surface area contributed by atoms with Crippen LogP contribution in [0.15, 0.2) is 35.2 Å².